The number of aromatic nitrogens is 1. The lowest BCUT2D eigenvalue weighted by Crippen LogP contribution is -2.49. The molecule has 2 aromatic carbocycles. The predicted molar refractivity (Wildman–Crippen MR) is 133 cm³/mol. The molecule has 8 heteroatoms. The molecule has 1 aliphatic heterocycles. The molecule has 1 atom stereocenters. The highest BCUT2D eigenvalue weighted by atomic mass is 19.1. The number of ether oxygens (including phenoxy) is 1. The summed E-state index contributed by atoms with van der Waals surface area (Å²) in [5, 5.41) is 2.87. The van der Waals surface area contributed by atoms with Crippen molar-refractivity contribution >= 4 is 17.6 Å². The lowest BCUT2D eigenvalue weighted by molar-refractivity contribution is -0.134. The van der Waals surface area contributed by atoms with Crippen molar-refractivity contribution in [3.63, 3.8) is 0 Å². The van der Waals surface area contributed by atoms with E-state index in [1.807, 2.05) is 50.4 Å². The smallest absolute Gasteiger partial charge is 0.322 e. The van der Waals surface area contributed by atoms with Crippen molar-refractivity contribution in [2.24, 2.45) is 5.92 Å². The van der Waals surface area contributed by atoms with Crippen molar-refractivity contribution in [3.8, 4) is 5.75 Å². The lowest BCUT2D eigenvalue weighted by atomic mass is 9.99. The number of nitrogens with zero attached hydrogens (tertiary/aromatic N) is 3. The Bertz CT molecular complexity index is 1190. The maximum absolute atomic E-state index is 14.1. The van der Waals surface area contributed by atoms with Gasteiger partial charge in [0.1, 0.15) is 18.1 Å². The number of hydrogen-bond acceptors (Lipinski definition) is 3. The number of rotatable bonds is 7. The number of carbonyl (C=O) groups excluding carboxylic acids is 2. The summed E-state index contributed by atoms with van der Waals surface area (Å²) in [6.07, 6.45) is 1.97. The summed E-state index contributed by atoms with van der Waals surface area (Å²) in [7, 11) is 1.54. The highest BCUT2D eigenvalue weighted by molar-refractivity contribution is 5.93. The largest absolute Gasteiger partial charge is 0.495 e. The van der Waals surface area contributed by atoms with E-state index < -0.39 is 6.04 Å². The van der Waals surface area contributed by atoms with Crippen LogP contribution in [0, 0.1) is 11.7 Å². The third-order valence-corrected chi connectivity index (χ3v) is 6.07. The molecule has 1 unspecified atom stereocenters. The zero-order valence-electron chi connectivity index (χ0n) is 20.3. The SMILES string of the molecule is COc1ccccc1NC(=O)N(CC(=O)N1CCn2cccc2C1c1cccc(F)c1)CC(C)C. The Labute approximate surface area is 205 Å². The molecule has 0 fully saturated rings. The number of para-hydroxylation sites is 2. The highest BCUT2D eigenvalue weighted by Crippen LogP contribution is 2.33. The number of methoxy groups -OCH3 is 1. The van der Waals surface area contributed by atoms with E-state index in [0.29, 0.717) is 36.6 Å². The first-order valence-electron chi connectivity index (χ1n) is 11.8. The Morgan fingerprint density at radius 2 is 1.91 bits per heavy atom. The third kappa shape index (κ3) is 5.48. The minimum atomic E-state index is -0.430. The number of amides is 3. The van der Waals surface area contributed by atoms with E-state index in [4.69, 9.17) is 4.74 Å². The monoisotopic (exact) mass is 478 g/mol. The summed E-state index contributed by atoms with van der Waals surface area (Å²) in [5.74, 6) is 0.155. The van der Waals surface area contributed by atoms with Gasteiger partial charge in [-0.05, 0) is 47.9 Å². The minimum Gasteiger partial charge on any atom is -0.495 e. The molecular weight excluding hydrogens is 447 g/mol. The van der Waals surface area contributed by atoms with Crippen LogP contribution in [-0.2, 0) is 11.3 Å². The Hall–Kier alpha value is -3.81. The van der Waals surface area contributed by atoms with Gasteiger partial charge in [-0.2, -0.15) is 0 Å². The molecule has 2 heterocycles. The normalized spacial score (nSPS) is 15.0. The fourth-order valence-electron chi connectivity index (χ4n) is 4.54. The summed E-state index contributed by atoms with van der Waals surface area (Å²) < 4.78 is 21.5. The van der Waals surface area contributed by atoms with Crippen LogP contribution in [0.15, 0.2) is 66.9 Å². The first-order valence-corrected chi connectivity index (χ1v) is 11.8. The molecule has 1 aromatic heterocycles. The summed E-state index contributed by atoms with van der Waals surface area (Å²) in [5.41, 5.74) is 2.16. The van der Waals surface area contributed by atoms with Gasteiger partial charge >= 0.3 is 6.03 Å². The van der Waals surface area contributed by atoms with Crippen molar-refractivity contribution in [2.45, 2.75) is 26.4 Å². The zero-order valence-corrected chi connectivity index (χ0v) is 20.3. The maximum atomic E-state index is 14.1. The number of fused-ring (bicyclic) bond motifs is 1. The minimum absolute atomic E-state index is 0.0916. The number of urea groups is 1. The average Bonchev–Trinajstić information content (AvgIpc) is 3.32. The van der Waals surface area contributed by atoms with Crippen molar-refractivity contribution in [3.05, 3.63) is 83.9 Å². The van der Waals surface area contributed by atoms with Crippen LogP contribution in [0.2, 0.25) is 0 Å². The summed E-state index contributed by atoms with van der Waals surface area (Å²) in [6, 6.07) is 16.6. The molecular formula is C27H31FN4O3. The molecule has 35 heavy (non-hydrogen) atoms. The number of benzene rings is 2. The van der Waals surface area contributed by atoms with Gasteiger partial charge < -0.3 is 24.4 Å². The summed E-state index contributed by atoms with van der Waals surface area (Å²) in [6.45, 7) is 5.41. The second kappa shape index (κ2) is 10.6. The van der Waals surface area contributed by atoms with Gasteiger partial charge in [-0.3, -0.25) is 4.79 Å². The Kier molecular flexibility index (Phi) is 7.39. The first kappa shape index (κ1) is 24.3. The van der Waals surface area contributed by atoms with Gasteiger partial charge in [0, 0.05) is 31.5 Å². The second-order valence-electron chi connectivity index (χ2n) is 9.08. The molecule has 184 valence electrons. The number of hydrogen-bond donors (Lipinski definition) is 1. The maximum Gasteiger partial charge on any atom is 0.322 e. The lowest BCUT2D eigenvalue weighted by Gasteiger charge is -2.38. The Morgan fingerprint density at radius 3 is 2.66 bits per heavy atom. The van der Waals surface area contributed by atoms with Gasteiger partial charge in [0.25, 0.3) is 0 Å². The van der Waals surface area contributed by atoms with Crippen LogP contribution in [0.5, 0.6) is 5.75 Å². The first-order chi connectivity index (χ1) is 16.9. The highest BCUT2D eigenvalue weighted by Gasteiger charge is 2.33. The van der Waals surface area contributed by atoms with Crippen molar-refractivity contribution in [2.75, 3.05) is 32.1 Å². The number of nitrogens with one attached hydrogen (secondary N) is 1. The van der Waals surface area contributed by atoms with Gasteiger partial charge in [-0.25, -0.2) is 9.18 Å². The molecule has 0 saturated carbocycles. The predicted octanol–water partition coefficient (Wildman–Crippen LogP) is 4.76. The van der Waals surface area contributed by atoms with Crippen LogP contribution >= 0.6 is 0 Å². The van der Waals surface area contributed by atoms with Crippen LogP contribution in [0.3, 0.4) is 0 Å². The molecule has 1 N–H and O–H groups in total. The number of anilines is 1. The Balaban J connectivity index is 1.58. The van der Waals surface area contributed by atoms with E-state index in [1.165, 1.54) is 17.0 Å². The summed E-state index contributed by atoms with van der Waals surface area (Å²) in [4.78, 5) is 30.1. The molecule has 4 rings (SSSR count). The van der Waals surface area contributed by atoms with E-state index in [0.717, 1.165) is 5.69 Å². The van der Waals surface area contributed by atoms with Crippen LogP contribution in [0.25, 0.3) is 0 Å². The van der Waals surface area contributed by atoms with Crippen LogP contribution in [0.1, 0.15) is 31.1 Å². The molecule has 0 bridgehead atoms. The van der Waals surface area contributed by atoms with Gasteiger partial charge in [0.2, 0.25) is 5.91 Å². The quantitative estimate of drug-likeness (QED) is 0.533. The van der Waals surface area contributed by atoms with Gasteiger partial charge in [-0.15, -0.1) is 0 Å². The van der Waals surface area contributed by atoms with Crippen LogP contribution < -0.4 is 10.1 Å². The molecule has 7 nitrogen and oxygen atoms in total. The molecule has 3 amide bonds. The van der Waals surface area contributed by atoms with Crippen LogP contribution in [0.4, 0.5) is 14.9 Å². The fraction of sp³-hybridized carbons (Fsp3) is 0.333. The molecule has 0 spiro atoms. The standard InChI is InChI=1S/C27H31FN4O3/c1-19(2)17-31(27(34)29-22-10-4-5-12-24(22)35-3)18-25(33)32-15-14-30-13-7-11-23(30)26(32)20-8-6-9-21(28)16-20/h4-13,16,19,26H,14-15,17-18H2,1-3H3,(H,29,34). The van der Waals surface area contributed by atoms with Crippen molar-refractivity contribution in [1.82, 2.24) is 14.4 Å². The second-order valence-corrected chi connectivity index (χ2v) is 9.08. The fourth-order valence-corrected chi connectivity index (χ4v) is 4.54. The van der Waals surface area contributed by atoms with E-state index in [1.54, 1.807) is 30.2 Å². The van der Waals surface area contributed by atoms with Crippen molar-refractivity contribution < 1.29 is 18.7 Å². The average molecular weight is 479 g/mol. The van der Waals surface area contributed by atoms with E-state index in [2.05, 4.69) is 9.88 Å². The van der Waals surface area contributed by atoms with Crippen molar-refractivity contribution in [1.29, 1.82) is 0 Å². The summed E-state index contributed by atoms with van der Waals surface area (Å²) >= 11 is 0. The van der Waals surface area contributed by atoms with E-state index >= 15 is 0 Å². The van der Waals surface area contributed by atoms with E-state index in [-0.39, 0.29) is 30.2 Å². The van der Waals surface area contributed by atoms with Gasteiger partial charge in [0.05, 0.1) is 18.8 Å². The van der Waals surface area contributed by atoms with Crippen LogP contribution in [-0.4, -0.2) is 53.0 Å². The zero-order chi connectivity index (χ0) is 24.9. The topological polar surface area (TPSA) is 66.8 Å². The molecule has 0 saturated heterocycles. The molecule has 0 radical (unpaired) electrons. The molecule has 1 aliphatic rings. The molecule has 0 aliphatic carbocycles. The van der Waals surface area contributed by atoms with Gasteiger partial charge in [-0.1, -0.05) is 38.1 Å². The number of halogens is 1. The Morgan fingerprint density at radius 1 is 1.11 bits per heavy atom. The number of carbonyl (C=O) groups is 2. The van der Waals surface area contributed by atoms with E-state index in [9.17, 15) is 14.0 Å². The third-order valence-electron chi connectivity index (χ3n) is 6.07. The molecule has 3 aromatic rings. The van der Waals surface area contributed by atoms with Gasteiger partial charge in [0.15, 0.2) is 0 Å².